The lowest BCUT2D eigenvalue weighted by Gasteiger charge is -2.17. The number of methoxy groups -OCH3 is 1. The molecule has 1 aliphatic rings. The summed E-state index contributed by atoms with van der Waals surface area (Å²) < 4.78 is 46.5. The number of hydrogen-bond donors (Lipinski definition) is 2. The Balaban J connectivity index is 1.66. The molecule has 1 fully saturated rings. The molecule has 0 aromatic carbocycles. The summed E-state index contributed by atoms with van der Waals surface area (Å²) in [6, 6.07) is 5.33. The Morgan fingerprint density at radius 3 is 2.65 bits per heavy atom. The van der Waals surface area contributed by atoms with Crippen molar-refractivity contribution in [2.75, 3.05) is 19.0 Å². The van der Waals surface area contributed by atoms with Gasteiger partial charge in [0.15, 0.2) is 6.61 Å². The number of pyridine rings is 2. The molecule has 2 N–H and O–H groups in total. The molecule has 0 saturated heterocycles. The van der Waals surface area contributed by atoms with E-state index in [4.69, 9.17) is 4.74 Å². The van der Waals surface area contributed by atoms with Gasteiger partial charge < -0.3 is 20.1 Å². The highest BCUT2D eigenvalue weighted by molar-refractivity contribution is 5.96. The second-order valence-electron chi connectivity index (χ2n) is 7.04. The van der Waals surface area contributed by atoms with E-state index in [1.54, 1.807) is 19.1 Å². The quantitative estimate of drug-likeness (QED) is 0.656. The van der Waals surface area contributed by atoms with Gasteiger partial charge in [-0.2, -0.15) is 18.2 Å². The van der Waals surface area contributed by atoms with E-state index in [1.807, 2.05) is 0 Å². The highest BCUT2D eigenvalue weighted by atomic mass is 19.4. The molecule has 3 rings (SSSR count). The number of carbonyl (C=O) groups excluding carboxylic acids is 2. The van der Waals surface area contributed by atoms with Crippen LogP contribution in [-0.4, -0.2) is 41.7 Å². The van der Waals surface area contributed by atoms with E-state index in [0.717, 1.165) is 18.9 Å². The maximum Gasteiger partial charge on any atom is 0.422 e. The second kappa shape index (κ2) is 9.19. The molecule has 0 spiro atoms. The number of carbonyl (C=O) groups is 2. The van der Waals surface area contributed by atoms with Crippen LogP contribution in [0.2, 0.25) is 0 Å². The minimum Gasteiger partial charge on any atom is -0.480 e. The predicted octanol–water partition coefficient (Wildman–Crippen LogP) is 3.27. The Labute approximate surface area is 176 Å². The summed E-state index contributed by atoms with van der Waals surface area (Å²) in [6.07, 6.45) is -1.25. The number of ether oxygens (including phenoxy) is 2. The summed E-state index contributed by atoms with van der Waals surface area (Å²) in [6.45, 7) is 0.230. The van der Waals surface area contributed by atoms with Crippen LogP contribution < -0.4 is 20.1 Å². The number of amides is 2. The molecule has 1 atom stereocenters. The van der Waals surface area contributed by atoms with Gasteiger partial charge in [-0.1, -0.05) is 0 Å². The summed E-state index contributed by atoms with van der Waals surface area (Å²) >= 11 is 0. The molecule has 2 amide bonds. The molecule has 166 valence electrons. The monoisotopic (exact) mass is 438 g/mol. The van der Waals surface area contributed by atoms with Crippen molar-refractivity contribution < 1.29 is 32.2 Å². The van der Waals surface area contributed by atoms with Crippen molar-refractivity contribution in [2.24, 2.45) is 5.92 Å². The van der Waals surface area contributed by atoms with E-state index in [0.29, 0.717) is 11.4 Å². The molecule has 2 aromatic rings. The van der Waals surface area contributed by atoms with Gasteiger partial charge in [-0.25, -0.2) is 4.98 Å². The van der Waals surface area contributed by atoms with Crippen LogP contribution >= 0.6 is 0 Å². The van der Waals surface area contributed by atoms with Crippen molar-refractivity contribution in [1.29, 1.82) is 0 Å². The van der Waals surface area contributed by atoms with Gasteiger partial charge in [-0.3, -0.25) is 9.59 Å². The van der Waals surface area contributed by atoms with Crippen LogP contribution in [0.5, 0.6) is 11.8 Å². The van der Waals surface area contributed by atoms with E-state index in [-0.39, 0.29) is 29.1 Å². The third-order valence-electron chi connectivity index (χ3n) is 4.49. The van der Waals surface area contributed by atoms with Crippen molar-refractivity contribution >= 4 is 17.6 Å². The molecule has 0 bridgehead atoms. The first-order valence-corrected chi connectivity index (χ1v) is 9.48. The van der Waals surface area contributed by atoms with Crippen LogP contribution in [0.4, 0.5) is 19.0 Å². The maximum atomic E-state index is 12.7. The Bertz CT molecular complexity index is 964. The molecule has 0 radical (unpaired) electrons. The number of aromatic nitrogens is 2. The number of nitrogens with one attached hydrogen (secondary N) is 2. The van der Waals surface area contributed by atoms with Gasteiger partial charge in [0.25, 0.3) is 5.91 Å². The number of rotatable bonds is 8. The topological polar surface area (TPSA) is 102 Å². The number of halogens is 3. The summed E-state index contributed by atoms with van der Waals surface area (Å²) in [5.74, 6) is -0.684. The van der Waals surface area contributed by atoms with Crippen molar-refractivity contribution in [3.05, 3.63) is 41.6 Å². The van der Waals surface area contributed by atoms with Gasteiger partial charge in [0.2, 0.25) is 17.7 Å². The number of anilines is 1. The highest BCUT2D eigenvalue weighted by Crippen LogP contribution is 2.30. The second-order valence-corrected chi connectivity index (χ2v) is 7.04. The fourth-order valence-electron chi connectivity index (χ4n) is 2.70. The minimum atomic E-state index is -4.51. The Kier molecular flexibility index (Phi) is 6.62. The molecule has 1 unspecified atom stereocenters. The predicted molar refractivity (Wildman–Crippen MR) is 104 cm³/mol. The van der Waals surface area contributed by atoms with Gasteiger partial charge in [0.1, 0.15) is 11.4 Å². The van der Waals surface area contributed by atoms with Crippen LogP contribution in [0.25, 0.3) is 0 Å². The average Bonchev–Trinajstić information content (AvgIpc) is 3.57. The van der Waals surface area contributed by atoms with Gasteiger partial charge in [-0.15, -0.1) is 0 Å². The summed E-state index contributed by atoms with van der Waals surface area (Å²) in [5.41, 5.74) is 0.733. The van der Waals surface area contributed by atoms with Gasteiger partial charge >= 0.3 is 6.18 Å². The van der Waals surface area contributed by atoms with Crippen LogP contribution in [0, 0.1) is 5.92 Å². The molecular formula is C20H21F3N4O4. The standard InChI is InChI=1S/C20H21F3N4O4/c1-11(13-7-8-24-15(9-13)26-17(28)12-3-4-12)25-18(29)14-5-6-16(27-19(14)30-2)31-10-20(21,22)23/h5-9,11-12H,3-4,10H2,1-2H3,(H,25,29)(H,24,26,28). The van der Waals surface area contributed by atoms with Gasteiger partial charge in [0, 0.05) is 18.2 Å². The smallest absolute Gasteiger partial charge is 0.422 e. The van der Waals surface area contributed by atoms with Crippen LogP contribution in [0.1, 0.15) is 41.7 Å². The number of hydrogen-bond acceptors (Lipinski definition) is 6. The van der Waals surface area contributed by atoms with E-state index in [9.17, 15) is 22.8 Å². The fraction of sp³-hybridized carbons (Fsp3) is 0.400. The van der Waals surface area contributed by atoms with Crippen molar-refractivity contribution in [2.45, 2.75) is 32.0 Å². The molecule has 8 nitrogen and oxygen atoms in total. The van der Waals surface area contributed by atoms with E-state index >= 15 is 0 Å². The Morgan fingerprint density at radius 2 is 2.00 bits per heavy atom. The Morgan fingerprint density at radius 1 is 1.26 bits per heavy atom. The first kappa shape index (κ1) is 22.3. The van der Waals surface area contributed by atoms with E-state index in [2.05, 4.69) is 25.3 Å². The normalized spacial score (nSPS) is 14.5. The molecule has 1 saturated carbocycles. The molecule has 2 aromatic heterocycles. The first-order valence-electron chi connectivity index (χ1n) is 9.48. The number of nitrogens with zero attached hydrogens (tertiary/aromatic N) is 2. The van der Waals surface area contributed by atoms with Crippen molar-refractivity contribution in [1.82, 2.24) is 15.3 Å². The van der Waals surface area contributed by atoms with Crippen LogP contribution in [0.15, 0.2) is 30.5 Å². The summed E-state index contributed by atoms with van der Waals surface area (Å²) in [4.78, 5) is 32.5. The molecule has 11 heteroatoms. The number of alkyl halides is 3. The average molecular weight is 438 g/mol. The Hall–Kier alpha value is -3.37. The zero-order chi connectivity index (χ0) is 22.6. The molecule has 2 heterocycles. The molecular weight excluding hydrogens is 417 g/mol. The lowest BCUT2D eigenvalue weighted by molar-refractivity contribution is -0.154. The van der Waals surface area contributed by atoms with Crippen LogP contribution in [-0.2, 0) is 4.79 Å². The third-order valence-corrected chi connectivity index (χ3v) is 4.49. The SMILES string of the molecule is COc1nc(OCC(F)(F)F)ccc1C(=O)NC(C)c1ccnc(NC(=O)C2CC2)c1. The van der Waals surface area contributed by atoms with E-state index < -0.39 is 24.7 Å². The van der Waals surface area contributed by atoms with Gasteiger partial charge in [-0.05, 0) is 43.5 Å². The van der Waals surface area contributed by atoms with Crippen molar-refractivity contribution in [3.63, 3.8) is 0 Å². The lowest BCUT2D eigenvalue weighted by atomic mass is 10.1. The maximum absolute atomic E-state index is 12.7. The molecule has 1 aliphatic carbocycles. The third kappa shape index (κ3) is 6.30. The largest absolute Gasteiger partial charge is 0.480 e. The van der Waals surface area contributed by atoms with E-state index in [1.165, 1.54) is 19.4 Å². The molecule has 0 aliphatic heterocycles. The van der Waals surface area contributed by atoms with Gasteiger partial charge in [0.05, 0.1) is 13.2 Å². The summed E-state index contributed by atoms with van der Waals surface area (Å²) in [5, 5.41) is 5.50. The highest BCUT2D eigenvalue weighted by Gasteiger charge is 2.30. The molecule has 31 heavy (non-hydrogen) atoms. The zero-order valence-electron chi connectivity index (χ0n) is 16.8. The minimum absolute atomic E-state index is 0.0324. The zero-order valence-corrected chi connectivity index (χ0v) is 16.8. The lowest BCUT2D eigenvalue weighted by Crippen LogP contribution is -2.27. The fourth-order valence-corrected chi connectivity index (χ4v) is 2.70. The van der Waals surface area contributed by atoms with Crippen molar-refractivity contribution in [3.8, 4) is 11.8 Å². The summed E-state index contributed by atoms with van der Waals surface area (Å²) in [7, 11) is 1.24. The van der Waals surface area contributed by atoms with Crippen LogP contribution in [0.3, 0.4) is 0 Å². The first-order chi connectivity index (χ1) is 14.7.